The fraction of sp³-hybridized carbons (Fsp3) is 0. The molecule has 0 spiro atoms. The maximum atomic E-state index is 6.86. The number of nitrogens with one attached hydrogen (secondary N) is 2. The predicted octanol–water partition coefficient (Wildman–Crippen LogP) is 6.94. The summed E-state index contributed by atoms with van der Waals surface area (Å²) in [7, 11) is -1.93. The minimum atomic E-state index is -0.964. The topological polar surface area (TPSA) is 120 Å². The molecule has 4 aromatic rings. The molecule has 0 saturated heterocycles. The minimum Gasteiger partial charge on any atom is -0.108 e. The van der Waals surface area contributed by atoms with E-state index in [0.29, 0.717) is 0 Å². The van der Waals surface area contributed by atoms with Crippen LogP contribution in [-0.2, 0) is 16.5 Å². The summed E-state index contributed by atoms with van der Waals surface area (Å²) in [5, 5.41) is 5.71. The molecule has 0 radical (unpaired) electrons. The van der Waals surface area contributed by atoms with E-state index in [9.17, 15) is 0 Å². The molecule has 0 aliphatic heterocycles. The monoisotopic (exact) mass is 542 g/mol. The van der Waals surface area contributed by atoms with Gasteiger partial charge in [0.2, 0.25) is 0 Å². The minimum absolute atomic E-state index is 0. The first-order valence-corrected chi connectivity index (χ1v) is 13.6. The fourth-order valence-electron chi connectivity index (χ4n) is 3.36. The predicted molar refractivity (Wildman–Crippen MR) is 149 cm³/mol. The molecule has 0 heterocycles. The van der Waals surface area contributed by atoms with Crippen molar-refractivity contribution in [3.05, 3.63) is 154 Å². The van der Waals surface area contributed by atoms with Gasteiger partial charge < -0.3 is 0 Å². The molecule has 0 aliphatic carbocycles. The van der Waals surface area contributed by atoms with Crippen molar-refractivity contribution < 1.29 is 16.5 Å². The van der Waals surface area contributed by atoms with Crippen LogP contribution in [0.4, 0.5) is 0 Å². The number of benzene rings is 4. The molecule has 6 nitrogen and oxygen atoms in total. The second-order valence-corrected chi connectivity index (χ2v) is 11.5. The van der Waals surface area contributed by atoms with E-state index < -0.39 is 15.8 Å². The molecular weight excluding hydrogens is 517 g/mol. The van der Waals surface area contributed by atoms with E-state index in [-0.39, 0.29) is 16.5 Å². The average molecular weight is 543 g/mol. The molecular formula is C26H26N6NiP2+4. The third-order valence-corrected chi connectivity index (χ3v) is 9.91. The molecule has 0 aliphatic rings. The molecule has 2 N–H and O–H groups in total. The average Bonchev–Trinajstić information content (AvgIpc) is 2.90. The summed E-state index contributed by atoms with van der Waals surface area (Å²) in [6, 6.07) is 43.7. The van der Waals surface area contributed by atoms with Gasteiger partial charge in [-0.2, -0.15) is 0 Å². The summed E-state index contributed by atoms with van der Waals surface area (Å²) in [5.74, 6) is 5.01. The summed E-state index contributed by atoms with van der Waals surface area (Å²) in [4.78, 5) is 3.50. The normalized spacial score (nSPS) is 9.54. The van der Waals surface area contributed by atoms with Crippen LogP contribution >= 0.6 is 15.8 Å². The van der Waals surface area contributed by atoms with E-state index in [1.54, 1.807) is 9.82 Å². The molecule has 4 aromatic carbocycles. The summed E-state index contributed by atoms with van der Waals surface area (Å²) in [6.45, 7) is 0. The Morgan fingerprint density at radius 1 is 0.457 bits per heavy atom. The Hall–Kier alpha value is -3.41. The standard InChI is InChI=1S/C26H22P2.2HN3.Ni/c1-5-13-23(14-6-1)27(24-15-7-2-8-16-24)21-22-28(25-17-9-3-10-18-25)26-19-11-4-12-20-26;2*1-3-2;/h1-22H;2*1H;/q;;;+2/p+2/b22-21-;;;. The maximum Gasteiger partial charge on any atom is 2.00 e. The van der Waals surface area contributed by atoms with E-state index in [1.807, 2.05) is 0 Å². The van der Waals surface area contributed by atoms with Gasteiger partial charge >= 0.3 is 16.5 Å². The smallest absolute Gasteiger partial charge is 0.108 e. The number of hydrogen-bond donors (Lipinski definition) is 2. The first-order valence-electron chi connectivity index (χ1n) is 10.4. The SMILES string of the molecule is C(=C/[PH+](c1ccccc1)c1ccccc1)/[PH+](c1ccccc1)c1ccccc1.[N-]=[N+]=N.[N-]=[N+]=N.[Ni+2]. The van der Waals surface area contributed by atoms with Crippen molar-refractivity contribution in [1.82, 2.24) is 0 Å². The number of hydrogen-bond acceptors (Lipinski definition) is 2. The van der Waals surface area contributed by atoms with Gasteiger partial charge in [-0.3, -0.25) is 0 Å². The molecule has 4 rings (SSSR count). The molecule has 0 unspecified atom stereocenters. The Bertz CT molecular complexity index is 1020. The zero-order valence-corrected chi connectivity index (χ0v) is 21.8. The van der Waals surface area contributed by atoms with Crippen molar-refractivity contribution >= 4 is 37.1 Å². The molecule has 176 valence electrons. The van der Waals surface area contributed by atoms with Gasteiger partial charge in [0.1, 0.15) is 32.9 Å². The first-order chi connectivity index (χ1) is 16.7. The van der Waals surface area contributed by atoms with Crippen LogP contribution in [0.5, 0.6) is 0 Å². The van der Waals surface area contributed by atoms with Crippen LogP contribution in [0.25, 0.3) is 20.9 Å². The third-order valence-electron chi connectivity index (χ3n) is 4.76. The van der Waals surface area contributed by atoms with E-state index >= 15 is 0 Å². The van der Waals surface area contributed by atoms with Crippen LogP contribution in [-0.4, -0.2) is 0 Å². The van der Waals surface area contributed by atoms with Gasteiger partial charge in [0.15, 0.2) is 0 Å². The maximum absolute atomic E-state index is 6.86. The zero-order chi connectivity index (χ0) is 24.4. The van der Waals surface area contributed by atoms with Gasteiger partial charge in [0.05, 0.1) is 15.8 Å². The molecule has 0 bridgehead atoms. The van der Waals surface area contributed by atoms with Crippen LogP contribution in [0.1, 0.15) is 0 Å². The third kappa shape index (κ3) is 10.2. The Balaban J connectivity index is 0.000000797. The van der Waals surface area contributed by atoms with Crippen LogP contribution in [0.3, 0.4) is 0 Å². The Morgan fingerprint density at radius 3 is 0.800 bits per heavy atom. The molecule has 0 saturated carbocycles. The summed E-state index contributed by atoms with van der Waals surface area (Å²) in [5.41, 5.74) is 24.5. The van der Waals surface area contributed by atoms with Crippen molar-refractivity contribution in [3.8, 4) is 0 Å². The number of rotatable bonds is 6. The Labute approximate surface area is 218 Å². The van der Waals surface area contributed by atoms with Gasteiger partial charge in [0, 0.05) is 0 Å². The van der Waals surface area contributed by atoms with Gasteiger partial charge in [-0.25, -0.2) is 0 Å². The van der Waals surface area contributed by atoms with Gasteiger partial charge in [-0.15, -0.1) is 11.1 Å². The van der Waals surface area contributed by atoms with Crippen LogP contribution in [0.2, 0.25) is 0 Å². The van der Waals surface area contributed by atoms with Crippen molar-refractivity contribution in [3.63, 3.8) is 0 Å². The fourth-order valence-corrected chi connectivity index (χ4v) is 8.33. The largest absolute Gasteiger partial charge is 2.00 e. The molecule has 0 fully saturated rings. The summed E-state index contributed by atoms with van der Waals surface area (Å²) < 4.78 is 0. The van der Waals surface area contributed by atoms with Crippen LogP contribution < -0.4 is 21.2 Å². The Morgan fingerprint density at radius 2 is 0.629 bits per heavy atom. The van der Waals surface area contributed by atoms with E-state index in [2.05, 4.69) is 133 Å². The van der Waals surface area contributed by atoms with Crippen molar-refractivity contribution in [2.75, 3.05) is 0 Å². The van der Waals surface area contributed by atoms with Crippen LogP contribution in [0.15, 0.2) is 133 Å². The first kappa shape index (κ1) is 29.6. The zero-order valence-electron chi connectivity index (χ0n) is 18.8. The molecule has 9 heteroatoms. The van der Waals surface area contributed by atoms with Gasteiger partial charge in [0.25, 0.3) is 0 Å². The van der Waals surface area contributed by atoms with Gasteiger partial charge in [-0.1, -0.05) is 72.8 Å². The summed E-state index contributed by atoms with van der Waals surface area (Å²) in [6.07, 6.45) is 0. The second-order valence-electron chi connectivity index (χ2n) is 6.82. The van der Waals surface area contributed by atoms with E-state index in [0.717, 1.165) is 0 Å². The van der Waals surface area contributed by atoms with Crippen molar-refractivity contribution in [1.29, 1.82) is 11.1 Å². The van der Waals surface area contributed by atoms with Crippen LogP contribution in [0, 0.1) is 11.1 Å². The molecule has 0 amide bonds. The number of nitrogens with zero attached hydrogens (tertiary/aromatic N) is 4. The van der Waals surface area contributed by atoms with Crippen molar-refractivity contribution in [2.45, 2.75) is 0 Å². The molecule has 0 atom stereocenters. The van der Waals surface area contributed by atoms with E-state index in [4.69, 9.17) is 22.1 Å². The van der Waals surface area contributed by atoms with Gasteiger partial charge in [-0.05, 0) is 69.4 Å². The van der Waals surface area contributed by atoms with Crippen molar-refractivity contribution in [2.24, 2.45) is 0 Å². The Kier molecular flexibility index (Phi) is 15.2. The molecule has 0 aromatic heterocycles. The molecule has 35 heavy (non-hydrogen) atoms. The summed E-state index contributed by atoms with van der Waals surface area (Å²) >= 11 is 0. The van der Waals surface area contributed by atoms with E-state index in [1.165, 1.54) is 21.2 Å². The second kappa shape index (κ2) is 18.0. The quantitative estimate of drug-likeness (QED) is 0.0862.